The van der Waals surface area contributed by atoms with Crippen molar-refractivity contribution < 1.29 is 9.18 Å². The van der Waals surface area contributed by atoms with Crippen LogP contribution < -0.4 is 5.73 Å². The first kappa shape index (κ1) is 18.4. The van der Waals surface area contributed by atoms with Gasteiger partial charge in [-0.05, 0) is 49.1 Å². The number of benzene rings is 1. The molecule has 0 spiro atoms. The van der Waals surface area contributed by atoms with Gasteiger partial charge < -0.3 is 5.73 Å². The van der Waals surface area contributed by atoms with E-state index in [1.807, 2.05) is 13.8 Å². The van der Waals surface area contributed by atoms with E-state index in [0.29, 0.717) is 22.4 Å². The lowest BCUT2D eigenvalue weighted by Gasteiger charge is -2.28. The van der Waals surface area contributed by atoms with Crippen molar-refractivity contribution in [2.45, 2.75) is 26.7 Å². The zero-order chi connectivity index (χ0) is 19.6. The first-order valence-corrected chi connectivity index (χ1v) is 8.38. The monoisotopic (exact) mass is 363 g/mol. The van der Waals surface area contributed by atoms with Crippen molar-refractivity contribution in [2.24, 2.45) is 21.5 Å². The number of ketones is 1. The predicted molar refractivity (Wildman–Crippen MR) is 98.9 cm³/mol. The summed E-state index contributed by atoms with van der Waals surface area (Å²) in [7, 11) is 0. The van der Waals surface area contributed by atoms with E-state index >= 15 is 0 Å². The molecule has 0 saturated carbocycles. The summed E-state index contributed by atoms with van der Waals surface area (Å²) in [6.07, 6.45) is 1.47. The number of aryl methyl sites for hydroxylation is 1. The molecule has 27 heavy (non-hydrogen) atoms. The van der Waals surface area contributed by atoms with E-state index in [0.717, 1.165) is 18.5 Å². The van der Waals surface area contributed by atoms with Crippen molar-refractivity contribution in [3.05, 3.63) is 64.2 Å². The minimum Gasteiger partial charge on any atom is -0.382 e. The summed E-state index contributed by atoms with van der Waals surface area (Å²) in [6.45, 7) is 3.88. The molecule has 0 atom stereocenters. The highest BCUT2D eigenvalue weighted by Crippen LogP contribution is 2.33. The van der Waals surface area contributed by atoms with Crippen molar-refractivity contribution in [1.29, 1.82) is 5.53 Å². The van der Waals surface area contributed by atoms with Gasteiger partial charge >= 0.3 is 0 Å². The van der Waals surface area contributed by atoms with Crippen LogP contribution in [0.1, 0.15) is 53.1 Å². The number of rotatable bonds is 2. The fourth-order valence-corrected chi connectivity index (χ4v) is 2.93. The first-order valence-electron chi connectivity index (χ1n) is 8.38. The Morgan fingerprint density at radius 2 is 2.07 bits per heavy atom. The maximum atomic E-state index is 13.8. The summed E-state index contributed by atoms with van der Waals surface area (Å²) in [4.78, 5) is 16.9. The second kappa shape index (κ2) is 7.08. The standard InChI is InChI=1S/C20H18FN5O/c1-20(2)8-7-17-16(18(20)27)6-5-15(24-17)4-3-12-9-13(11-14(21)10-12)19(22)25-26-23/h5-6,9-11H,7-8H2,1-2H3,(H3,22,23,25). The molecule has 0 fully saturated rings. The van der Waals surface area contributed by atoms with Gasteiger partial charge in [0.25, 0.3) is 0 Å². The van der Waals surface area contributed by atoms with Crippen LogP contribution in [0.25, 0.3) is 0 Å². The molecular formula is C20H18FN5O. The van der Waals surface area contributed by atoms with Crippen LogP contribution in [0.15, 0.2) is 40.7 Å². The van der Waals surface area contributed by atoms with Crippen LogP contribution in [0, 0.1) is 28.6 Å². The number of carbonyl (C=O) groups is 1. The molecule has 0 saturated heterocycles. The second-order valence-corrected chi connectivity index (χ2v) is 6.97. The molecule has 0 unspecified atom stereocenters. The number of halogens is 1. The van der Waals surface area contributed by atoms with Crippen LogP contribution in [-0.4, -0.2) is 16.6 Å². The number of hydrogen-bond donors (Lipinski definition) is 2. The van der Waals surface area contributed by atoms with Gasteiger partial charge in [-0.3, -0.25) is 4.79 Å². The van der Waals surface area contributed by atoms with Gasteiger partial charge in [-0.25, -0.2) is 9.37 Å². The van der Waals surface area contributed by atoms with Gasteiger partial charge in [0.2, 0.25) is 0 Å². The van der Waals surface area contributed by atoms with Crippen molar-refractivity contribution in [2.75, 3.05) is 0 Å². The Labute approximate surface area is 156 Å². The molecule has 6 nitrogen and oxygen atoms in total. The van der Waals surface area contributed by atoms with Crippen LogP contribution in [0.5, 0.6) is 0 Å². The Balaban J connectivity index is 1.92. The highest BCUT2D eigenvalue weighted by Gasteiger charge is 2.34. The molecule has 1 aromatic carbocycles. The molecule has 7 heteroatoms. The van der Waals surface area contributed by atoms with E-state index < -0.39 is 5.82 Å². The van der Waals surface area contributed by atoms with Gasteiger partial charge in [-0.15, -0.1) is 5.10 Å². The van der Waals surface area contributed by atoms with Crippen LogP contribution in [0.3, 0.4) is 0 Å². The lowest BCUT2D eigenvalue weighted by molar-refractivity contribution is 0.0809. The Kier molecular flexibility index (Phi) is 4.82. The molecular weight excluding hydrogens is 345 g/mol. The molecule has 1 heterocycles. The average Bonchev–Trinajstić information content (AvgIpc) is 2.63. The molecule has 0 amide bonds. The lowest BCUT2D eigenvalue weighted by atomic mass is 9.75. The van der Waals surface area contributed by atoms with Crippen molar-refractivity contribution >= 4 is 11.6 Å². The van der Waals surface area contributed by atoms with Gasteiger partial charge in [0.05, 0.1) is 5.69 Å². The normalized spacial score (nSPS) is 15.5. The maximum absolute atomic E-state index is 13.8. The topological polar surface area (TPSA) is 105 Å². The van der Waals surface area contributed by atoms with Gasteiger partial charge in [0, 0.05) is 22.1 Å². The second-order valence-electron chi connectivity index (χ2n) is 6.97. The predicted octanol–water partition coefficient (Wildman–Crippen LogP) is 3.43. The Hall–Kier alpha value is -3.40. The molecule has 3 N–H and O–H groups in total. The van der Waals surface area contributed by atoms with Crippen molar-refractivity contribution in [3.8, 4) is 11.8 Å². The van der Waals surface area contributed by atoms with E-state index in [9.17, 15) is 9.18 Å². The minimum atomic E-state index is -0.522. The highest BCUT2D eigenvalue weighted by atomic mass is 19.1. The Morgan fingerprint density at radius 1 is 1.30 bits per heavy atom. The summed E-state index contributed by atoms with van der Waals surface area (Å²) < 4.78 is 13.8. The lowest BCUT2D eigenvalue weighted by Crippen LogP contribution is -2.31. The van der Waals surface area contributed by atoms with Gasteiger partial charge in [-0.1, -0.05) is 25.0 Å². The fourth-order valence-electron chi connectivity index (χ4n) is 2.93. The Bertz CT molecular complexity index is 1030. The maximum Gasteiger partial charge on any atom is 0.170 e. The highest BCUT2D eigenvalue weighted by molar-refractivity contribution is 6.02. The largest absolute Gasteiger partial charge is 0.382 e. The molecule has 1 aliphatic carbocycles. The minimum absolute atomic E-state index is 0.0689. The smallest absolute Gasteiger partial charge is 0.170 e. The third-order valence-corrected chi connectivity index (χ3v) is 4.51. The molecule has 1 aromatic heterocycles. The molecule has 3 rings (SSSR count). The third kappa shape index (κ3) is 3.90. The van der Waals surface area contributed by atoms with Crippen molar-refractivity contribution in [1.82, 2.24) is 4.98 Å². The number of nitrogens with zero attached hydrogens (tertiary/aromatic N) is 3. The van der Waals surface area contributed by atoms with E-state index in [4.69, 9.17) is 11.3 Å². The molecule has 0 radical (unpaired) electrons. The summed E-state index contributed by atoms with van der Waals surface area (Å²) in [5, 5.41) is 6.23. The van der Waals surface area contributed by atoms with Crippen LogP contribution in [0.4, 0.5) is 4.39 Å². The van der Waals surface area contributed by atoms with E-state index in [2.05, 4.69) is 27.1 Å². The summed E-state index contributed by atoms with van der Waals surface area (Å²) in [6, 6.07) is 7.48. The van der Waals surface area contributed by atoms with Gasteiger partial charge in [0.1, 0.15) is 11.5 Å². The zero-order valence-electron chi connectivity index (χ0n) is 15.0. The Morgan fingerprint density at radius 3 is 2.81 bits per heavy atom. The van der Waals surface area contributed by atoms with Gasteiger partial charge in [0.15, 0.2) is 11.6 Å². The van der Waals surface area contributed by atoms with E-state index in [1.54, 1.807) is 18.2 Å². The number of hydrogen-bond acceptors (Lipinski definition) is 4. The average molecular weight is 363 g/mol. The number of nitrogens with one attached hydrogen (secondary N) is 1. The van der Waals surface area contributed by atoms with Crippen LogP contribution in [-0.2, 0) is 6.42 Å². The number of fused-ring (bicyclic) bond motifs is 1. The number of pyridine rings is 1. The number of nitrogens with two attached hydrogens (primary N) is 1. The third-order valence-electron chi connectivity index (χ3n) is 4.51. The number of amidine groups is 1. The fraction of sp³-hybridized carbons (Fsp3) is 0.250. The molecule has 0 bridgehead atoms. The van der Waals surface area contributed by atoms with E-state index in [1.165, 1.54) is 12.1 Å². The van der Waals surface area contributed by atoms with E-state index in [-0.39, 0.29) is 17.0 Å². The van der Waals surface area contributed by atoms with Crippen molar-refractivity contribution in [3.63, 3.8) is 0 Å². The summed E-state index contributed by atoms with van der Waals surface area (Å²) in [5.74, 6) is 5.25. The zero-order valence-corrected chi connectivity index (χ0v) is 15.0. The van der Waals surface area contributed by atoms with Crippen LogP contribution in [0.2, 0.25) is 0 Å². The number of aromatic nitrogens is 1. The number of carbonyl (C=O) groups excluding carboxylic acids is 1. The molecule has 136 valence electrons. The molecule has 1 aliphatic rings. The van der Waals surface area contributed by atoms with Crippen LogP contribution >= 0.6 is 0 Å². The molecule has 0 aliphatic heterocycles. The van der Waals surface area contributed by atoms with Gasteiger partial charge in [-0.2, -0.15) is 5.53 Å². The first-order chi connectivity index (χ1) is 12.8. The quantitative estimate of drug-likeness (QED) is 0.281. The molecule has 2 aromatic rings. The SMILES string of the molecule is CC1(C)CCc2nc(C#Cc3cc(F)cc(C(N)=NN=N)c3)ccc2C1=O. The summed E-state index contributed by atoms with van der Waals surface area (Å²) >= 11 is 0. The number of Topliss-reactive ketones (excluding diaryl/α,β-unsaturated/α-hetero) is 1. The summed E-state index contributed by atoms with van der Waals surface area (Å²) in [5.41, 5.74) is 14.6.